The third-order valence-corrected chi connectivity index (χ3v) is 3.54. The van der Waals surface area contributed by atoms with Gasteiger partial charge in [-0.3, -0.25) is 9.69 Å². The molecule has 3 atom stereocenters. The maximum atomic E-state index is 12.0. The molecule has 4 heteroatoms. The van der Waals surface area contributed by atoms with E-state index in [4.69, 9.17) is 5.73 Å². The van der Waals surface area contributed by atoms with Crippen molar-refractivity contribution in [2.24, 2.45) is 5.73 Å². The molecular weight excluding hydrogens is 214 g/mol. The fourth-order valence-electron chi connectivity index (χ4n) is 2.60. The Labute approximate surface area is 104 Å². The lowest BCUT2D eigenvalue weighted by Crippen LogP contribution is -2.49. The second-order valence-electron chi connectivity index (χ2n) is 4.85. The smallest absolute Gasteiger partial charge is 0.237 e. The highest BCUT2D eigenvalue weighted by atomic mass is 16.2. The maximum Gasteiger partial charge on any atom is 0.237 e. The molecule has 17 heavy (non-hydrogen) atoms. The summed E-state index contributed by atoms with van der Waals surface area (Å²) in [7, 11) is 0. The Morgan fingerprint density at radius 1 is 1.41 bits per heavy atom. The lowest BCUT2D eigenvalue weighted by Gasteiger charge is -2.31. The lowest BCUT2D eigenvalue weighted by molar-refractivity contribution is -0.126. The molecule has 1 saturated heterocycles. The number of rotatable bonds is 5. The number of hydrogen-bond acceptors (Lipinski definition) is 3. The van der Waals surface area contributed by atoms with Gasteiger partial charge in [-0.05, 0) is 33.6 Å². The number of hydrogen-bond donors (Lipinski definition) is 2. The fraction of sp³-hybridized carbons (Fsp3) is 0.769. The average Bonchev–Trinajstić information content (AvgIpc) is 2.63. The standard InChI is InChI=1S/C13H25N3O/c1-10-6-7-11(2)16(10)12(3)13(17)15-9-5-4-8-14/h4-5,10-12H,6-9,14H2,1-3H3,(H,15,17)/b5-4+. The van der Waals surface area contributed by atoms with Crippen LogP contribution in [0.1, 0.15) is 33.6 Å². The molecule has 1 aliphatic rings. The summed E-state index contributed by atoms with van der Waals surface area (Å²) in [5.41, 5.74) is 5.33. The first kappa shape index (κ1) is 14.2. The van der Waals surface area contributed by atoms with E-state index in [1.807, 2.05) is 19.1 Å². The van der Waals surface area contributed by atoms with Gasteiger partial charge in [-0.25, -0.2) is 0 Å². The van der Waals surface area contributed by atoms with Gasteiger partial charge in [0.05, 0.1) is 6.04 Å². The number of nitrogens with two attached hydrogens (primary N) is 1. The quantitative estimate of drug-likeness (QED) is 0.700. The predicted octanol–water partition coefficient (Wildman–Crippen LogP) is 0.879. The average molecular weight is 239 g/mol. The Morgan fingerprint density at radius 2 is 2.00 bits per heavy atom. The van der Waals surface area contributed by atoms with Crippen molar-refractivity contribution in [1.82, 2.24) is 10.2 Å². The predicted molar refractivity (Wildman–Crippen MR) is 70.7 cm³/mol. The normalized spacial score (nSPS) is 27.5. The Morgan fingerprint density at radius 3 is 2.53 bits per heavy atom. The highest BCUT2D eigenvalue weighted by Crippen LogP contribution is 2.25. The minimum atomic E-state index is -0.0474. The van der Waals surface area contributed by atoms with Crippen molar-refractivity contribution >= 4 is 5.91 Å². The zero-order chi connectivity index (χ0) is 12.8. The summed E-state index contributed by atoms with van der Waals surface area (Å²) in [6.45, 7) is 7.46. The third kappa shape index (κ3) is 3.82. The number of carbonyl (C=O) groups is 1. The van der Waals surface area contributed by atoms with Gasteiger partial charge in [-0.15, -0.1) is 0 Å². The third-order valence-electron chi connectivity index (χ3n) is 3.54. The molecule has 0 aromatic heterocycles. The van der Waals surface area contributed by atoms with Crippen LogP contribution in [0.2, 0.25) is 0 Å². The van der Waals surface area contributed by atoms with Gasteiger partial charge in [0.25, 0.3) is 0 Å². The lowest BCUT2D eigenvalue weighted by atomic mass is 10.2. The van der Waals surface area contributed by atoms with Crippen LogP contribution in [0, 0.1) is 0 Å². The molecule has 0 spiro atoms. The Bertz CT molecular complexity index is 268. The van der Waals surface area contributed by atoms with Crippen molar-refractivity contribution in [1.29, 1.82) is 0 Å². The summed E-state index contributed by atoms with van der Waals surface area (Å²) in [5.74, 6) is 0.104. The van der Waals surface area contributed by atoms with Crippen LogP contribution < -0.4 is 11.1 Å². The molecule has 98 valence electrons. The number of nitrogens with one attached hydrogen (secondary N) is 1. The van der Waals surface area contributed by atoms with E-state index < -0.39 is 0 Å². The fourth-order valence-corrected chi connectivity index (χ4v) is 2.60. The van der Waals surface area contributed by atoms with Gasteiger partial charge >= 0.3 is 0 Å². The number of likely N-dealkylation sites (tertiary alicyclic amines) is 1. The van der Waals surface area contributed by atoms with Crippen LogP contribution in [-0.2, 0) is 4.79 Å². The van der Waals surface area contributed by atoms with E-state index in [1.165, 1.54) is 12.8 Å². The zero-order valence-electron chi connectivity index (χ0n) is 11.1. The summed E-state index contributed by atoms with van der Waals surface area (Å²) in [6, 6.07) is 0.962. The van der Waals surface area contributed by atoms with Crippen LogP contribution in [0.25, 0.3) is 0 Å². The van der Waals surface area contributed by atoms with Crippen LogP contribution in [0.3, 0.4) is 0 Å². The van der Waals surface area contributed by atoms with E-state index in [2.05, 4.69) is 24.1 Å². The van der Waals surface area contributed by atoms with E-state index in [0.29, 0.717) is 25.2 Å². The molecule has 0 aromatic rings. The minimum Gasteiger partial charge on any atom is -0.351 e. The van der Waals surface area contributed by atoms with Crippen molar-refractivity contribution in [2.75, 3.05) is 13.1 Å². The molecule has 0 bridgehead atoms. The van der Waals surface area contributed by atoms with Crippen molar-refractivity contribution < 1.29 is 4.79 Å². The van der Waals surface area contributed by atoms with Crippen molar-refractivity contribution in [3.05, 3.63) is 12.2 Å². The molecule has 1 fully saturated rings. The maximum absolute atomic E-state index is 12.0. The molecule has 0 aliphatic carbocycles. The van der Waals surface area contributed by atoms with Gasteiger partial charge in [-0.2, -0.15) is 0 Å². The van der Waals surface area contributed by atoms with Gasteiger partial charge in [-0.1, -0.05) is 12.2 Å². The van der Waals surface area contributed by atoms with Gasteiger partial charge in [0, 0.05) is 25.2 Å². The van der Waals surface area contributed by atoms with E-state index in [1.54, 1.807) is 0 Å². The Kier molecular flexibility index (Phi) is 5.65. The van der Waals surface area contributed by atoms with Crippen LogP contribution >= 0.6 is 0 Å². The molecule has 1 rings (SSSR count). The minimum absolute atomic E-state index is 0.0474. The molecular formula is C13H25N3O. The SMILES string of the molecule is CC1CCC(C)N1C(C)C(=O)NC/C=C/CN. The van der Waals surface area contributed by atoms with Gasteiger partial charge in [0.2, 0.25) is 5.91 Å². The monoisotopic (exact) mass is 239 g/mol. The second kappa shape index (κ2) is 6.77. The van der Waals surface area contributed by atoms with E-state index in [9.17, 15) is 4.79 Å². The molecule has 1 amide bonds. The first-order valence-electron chi connectivity index (χ1n) is 6.48. The Hall–Kier alpha value is -0.870. The first-order chi connectivity index (χ1) is 8.07. The molecule has 3 N–H and O–H groups in total. The van der Waals surface area contributed by atoms with Crippen molar-refractivity contribution in [2.45, 2.75) is 51.7 Å². The highest BCUT2D eigenvalue weighted by molar-refractivity contribution is 5.81. The van der Waals surface area contributed by atoms with Gasteiger partial charge in [0.1, 0.15) is 0 Å². The van der Waals surface area contributed by atoms with Crippen molar-refractivity contribution in [3.8, 4) is 0 Å². The van der Waals surface area contributed by atoms with Gasteiger partial charge in [0.15, 0.2) is 0 Å². The summed E-state index contributed by atoms with van der Waals surface area (Å²) in [5, 5.41) is 2.91. The summed E-state index contributed by atoms with van der Waals surface area (Å²) in [6.07, 6.45) is 6.12. The van der Waals surface area contributed by atoms with E-state index in [-0.39, 0.29) is 11.9 Å². The molecule has 0 aromatic carbocycles. The molecule has 3 unspecified atom stereocenters. The molecule has 4 nitrogen and oxygen atoms in total. The summed E-state index contributed by atoms with van der Waals surface area (Å²) in [4.78, 5) is 14.3. The van der Waals surface area contributed by atoms with Crippen LogP contribution in [0.15, 0.2) is 12.2 Å². The molecule has 1 aliphatic heterocycles. The van der Waals surface area contributed by atoms with Crippen LogP contribution in [-0.4, -0.2) is 42.0 Å². The number of carbonyl (C=O) groups excluding carboxylic acids is 1. The zero-order valence-corrected chi connectivity index (χ0v) is 11.1. The highest BCUT2D eigenvalue weighted by Gasteiger charge is 2.33. The number of amides is 1. The molecule has 0 radical (unpaired) electrons. The number of nitrogens with zero attached hydrogens (tertiary/aromatic N) is 1. The summed E-state index contributed by atoms with van der Waals surface area (Å²) >= 11 is 0. The van der Waals surface area contributed by atoms with Crippen molar-refractivity contribution in [3.63, 3.8) is 0 Å². The van der Waals surface area contributed by atoms with Gasteiger partial charge < -0.3 is 11.1 Å². The van der Waals surface area contributed by atoms with Crippen LogP contribution in [0.4, 0.5) is 0 Å². The van der Waals surface area contributed by atoms with Crippen LogP contribution in [0.5, 0.6) is 0 Å². The second-order valence-corrected chi connectivity index (χ2v) is 4.85. The summed E-state index contributed by atoms with van der Waals surface area (Å²) < 4.78 is 0. The van der Waals surface area contributed by atoms with E-state index >= 15 is 0 Å². The Balaban J connectivity index is 2.43. The molecule has 1 heterocycles. The first-order valence-corrected chi connectivity index (χ1v) is 6.48. The molecule has 0 saturated carbocycles. The van der Waals surface area contributed by atoms with E-state index in [0.717, 1.165) is 0 Å². The largest absolute Gasteiger partial charge is 0.351 e. The topological polar surface area (TPSA) is 58.4 Å².